The highest BCUT2D eigenvalue weighted by Gasteiger charge is 2.68. The van der Waals surface area contributed by atoms with Gasteiger partial charge in [0.05, 0.1) is 33.4 Å². The zero-order chi connectivity index (χ0) is 32.6. The number of aryl methyl sites for hydroxylation is 1. The van der Waals surface area contributed by atoms with E-state index in [-0.39, 0.29) is 35.3 Å². The number of carbonyl (C=O) groups is 2. The molecule has 2 bridgehead atoms. The van der Waals surface area contributed by atoms with Gasteiger partial charge in [0.15, 0.2) is 0 Å². The number of fused-ring (bicyclic) bond motifs is 2. The van der Waals surface area contributed by atoms with Gasteiger partial charge in [-0.15, -0.1) is 0 Å². The predicted molar refractivity (Wildman–Crippen MR) is 180 cm³/mol. The molecule has 8 rings (SSSR count). The first kappa shape index (κ1) is 31.2. The van der Waals surface area contributed by atoms with E-state index in [4.69, 9.17) is 14.0 Å². The van der Waals surface area contributed by atoms with E-state index in [0.717, 1.165) is 39.5 Å². The van der Waals surface area contributed by atoms with Crippen LogP contribution in [-0.2, 0) is 31.8 Å². The number of nitrogens with zero attached hydrogens (tertiary/aromatic N) is 2. The third kappa shape index (κ3) is 5.30. The fourth-order valence-corrected chi connectivity index (χ4v) is 9.03. The van der Waals surface area contributed by atoms with E-state index >= 15 is 0 Å². The maximum atomic E-state index is 13.6. The van der Waals surface area contributed by atoms with Gasteiger partial charge in [0.25, 0.3) is 0 Å². The third-order valence-corrected chi connectivity index (χ3v) is 11.6. The van der Waals surface area contributed by atoms with Gasteiger partial charge in [0.1, 0.15) is 5.60 Å². The Morgan fingerprint density at radius 2 is 1.80 bits per heavy atom. The fraction of sp³-hybridized carbons (Fsp3) is 0.514. The summed E-state index contributed by atoms with van der Waals surface area (Å²) >= 11 is 1.19. The Morgan fingerprint density at radius 1 is 1.09 bits per heavy atom. The molecule has 0 spiro atoms. The molecule has 0 radical (unpaired) electrons. The molecule has 2 aromatic heterocycles. The number of amides is 1. The number of thiazole rings is 1. The van der Waals surface area contributed by atoms with Crippen LogP contribution >= 0.6 is 11.3 Å². The molecular weight excluding hydrogens is 601 g/mol. The van der Waals surface area contributed by atoms with E-state index in [2.05, 4.69) is 26.1 Å². The molecular formula is C35H42BN3O6S. The summed E-state index contributed by atoms with van der Waals surface area (Å²) in [6.45, 7) is 12.6. The van der Waals surface area contributed by atoms with Crippen molar-refractivity contribution >= 4 is 51.6 Å². The summed E-state index contributed by atoms with van der Waals surface area (Å²) in [6.07, 6.45) is 3.86. The van der Waals surface area contributed by atoms with Crippen LogP contribution in [0, 0.1) is 17.3 Å². The van der Waals surface area contributed by atoms with E-state index in [1.807, 2.05) is 69.3 Å². The standard InChI is InChI=1S/C35H42BN3O6S/c1-33(2,3)43-31(41)39-20-21(23-11-7-8-12-24(23)39)17-29(36-44-28-19-22-18-27(34(22,4)5)35(28,6)45-36)37-30(40)15-16-38-25-13-9-10-14-26(25)46-32(38)42/h7-14,20,22,27-29H,15-19H2,1-6H3,(H,37,40)/t22?,27?,28?,29-,35?/m0/s1. The number of rotatable bonds is 7. The van der Waals surface area contributed by atoms with Crippen molar-refractivity contribution < 1.29 is 23.6 Å². The highest BCUT2D eigenvalue weighted by atomic mass is 32.1. The van der Waals surface area contributed by atoms with Crippen LogP contribution in [0.3, 0.4) is 0 Å². The second-order valence-electron chi connectivity index (χ2n) is 15.0. The molecule has 3 saturated carbocycles. The number of hydrogen-bond donors (Lipinski definition) is 1. The van der Waals surface area contributed by atoms with Gasteiger partial charge in [-0.2, -0.15) is 0 Å². The molecule has 5 atom stereocenters. The number of nitrogens with one attached hydrogen (secondary N) is 1. The Kier molecular flexibility index (Phi) is 7.53. The average molecular weight is 644 g/mol. The molecule has 4 unspecified atom stereocenters. The first-order chi connectivity index (χ1) is 21.7. The van der Waals surface area contributed by atoms with Crippen molar-refractivity contribution in [1.29, 1.82) is 0 Å². The van der Waals surface area contributed by atoms with Crippen LogP contribution in [-0.4, -0.2) is 51.5 Å². The number of aromatic nitrogens is 2. The van der Waals surface area contributed by atoms with Gasteiger partial charge in [-0.05, 0) is 88.0 Å². The van der Waals surface area contributed by atoms with E-state index in [1.165, 1.54) is 15.9 Å². The lowest BCUT2D eigenvalue weighted by Crippen LogP contribution is -2.65. The number of benzene rings is 2. The summed E-state index contributed by atoms with van der Waals surface area (Å²) in [5, 5.41) is 4.13. The molecule has 1 saturated heterocycles. The average Bonchev–Trinajstić information content (AvgIpc) is 3.64. The number of hydrogen-bond acceptors (Lipinski definition) is 7. The van der Waals surface area contributed by atoms with Crippen LogP contribution in [0.25, 0.3) is 21.1 Å². The smallest absolute Gasteiger partial charge is 0.443 e. The molecule has 4 aliphatic rings. The van der Waals surface area contributed by atoms with E-state index in [0.29, 0.717) is 18.3 Å². The molecule has 2 aromatic carbocycles. The predicted octanol–water partition coefficient (Wildman–Crippen LogP) is 6.19. The number of carbonyl (C=O) groups excluding carboxylic acids is 2. The Hall–Kier alpha value is -3.41. The van der Waals surface area contributed by atoms with E-state index in [9.17, 15) is 14.4 Å². The van der Waals surface area contributed by atoms with Crippen molar-refractivity contribution in [3.63, 3.8) is 0 Å². The molecule has 242 valence electrons. The molecule has 1 N–H and O–H groups in total. The molecule has 1 amide bonds. The van der Waals surface area contributed by atoms with Crippen molar-refractivity contribution in [2.45, 2.75) is 97.0 Å². The fourth-order valence-electron chi connectivity index (χ4n) is 8.12. The largest absolute Gasteiger partial charge is 0.482 e. The van der Waals surface area contributed by atoms with Crippen LogP contribution in [0.5, 0.6) is 0 Å². The van der Waals surface area contributed by atoms with Crippen molar-refractivity contribution in [2.75, 3.05) is 0 Å². The molecule has 9 nitrogen and oxygen atoms in total. The maximum absolute atomic E-state index is 13.6. The summed E-state index contributed by atoms with van der Waals surface area (Å²) in [6, 6.07) is 15.3. The molecule has 46 heavy (non-hydrogen) atoms. The van der Waals surface area contributed by atoms with Crippen molar-refractivity contribution in [3.05, 3.63) is 70.0 Å². The Labute approximate surface area is 273 Å². The van der Waals surface area contributed by atoms with E-state index < -0.39 is 30.4 Å². The lowest BCUT2D eigenvalue weighted by molar-refractivity contribution is -0.199. The second kappa shape index (κ2) is 11.1. The van der Waals surface area contributed by atoms with Gasteiger partial charge in [0, 0.05) is 24.5 Å². The van der Waals surface area contributed by atoms with Crippen LogP contribution in [0.4, 0.5) is 4.79 Å². The second-order valence-corrected chi connectivity index (χ2v) is 16.0. The summed E-state index contributed by atoms with van der Waals surface area (Å²) in [4.78, 5) is 39.5. The zero-order valence-electron chi connectivity index (χ0n) is 27.4. The van der Waals surface area contributed by atoms with Gasteiger partial charge in [0.2, 0.25) is 5.91 Å². The minimum atomic E-state index is -0.664. The van der Waals surface area contributed by atoms with Gasteiger partial charge < -0.3 is 19.4 Å². The Bertz CT molecular complexity index is 1890. The minimum absolute atomic E-state index is 0.0486. The first-order valence-electron chi connectivity index (χ1n) is 16.3. The van der Waals surface area contributed by atoms with Gasteiger partial charge >= 0.3 is 18.1 Å². The number of para-hydroxylation sites is 2. The quantitative estimate of drug-likeness (QED) is 0.241. The molecule has 4 aromatic rings. The van der Waals surface area contributed by atoms with Gasteiger partial charge in [-0.1, -0.05) is 55.5 Å². The van der Waals surface area contributed by atoms with Crippen LogP contribution in [0.1, 0.15) is 66.4 Å². The summed E-state index contributed by atoms with van der Waals surface area (Å²) < 4.78 is 23.3. The molecule has 3 heterocycles. The summed E-state index contributed by atoms with van der Waals surface area (Å²) in [7, 11) is -0.664. The zero-order valence-corrected chi connectivity index (χ0v) is 28.2. The van der Waals surface area contributed by atoms with Crippen molar-refractivity contribution in [3.8, 4) is 0 Å². The summed E-state index contributed by atoms with van der Waals surface area (Å²) in [5.74, 6) is 0.249. The highest BCUT2D eigenvalue weighted by Crippen LogP contribution is 2.65. The SMILES string of the molecule is CC(C)(C)OC(=O)n1cc(C[C@H](NC(=O)CCn2c(=O)sc3ccccc32)B2OC3CC4CC(C4(C)C)C3(C)O2)c2ccccc21. The highest BCUT2D eigenvalue weighted by molar-refractivity contribution is 7.16. The normalized spacial score (nSPS) is 25.7. The van der Waals surface area contributed by atoms with Gasteiger partial charge in [-0.3, -0.25) is 18.7 Å². The lowest BCUT2D eigenvalue weighted by Gasteiger charge is -2.64. The maximum Gasteiger partial charge on any atom is 0.482 e. The lowest BCUT2D eigenvalue weighted by atomic mass is 9.43. The topological polar surface area (TPSA) is 101 Å². The first-order valence-corrected chi connectivity index (χ1v) is 17.1. The molecule has 1 aliphatic heterocycles. The van der Waals surface area contributed by atoms with Crippen molar-refractivity contribution in [2.24, 2.45) is 17.3 Å². The summed E-state index contributed by atoms with van der Waals surface area (Å²) in [5.41, 5.74) is 1.53. The Balaban J connectivity index is 1.17. The van der Waals surface area contributed by atoms with Crippen molar-refractivity contribution in [1.82, 2.24) is 14.5 Å². The van der Waals surface area contributed by atoms with E-state index in [1.54, 1.807) is 10.8 Å². The minimum Gasteiger partial charge on any atom is -0.443 e. The molecule has 4 fully saturated rings. The molecule has 11 heteroatoms. The van der Waals surface area contributed by atoms with Crippen LogP contribution in [0.2, 0.25) is 0 Å². The van der Waals surface area contributed by atoms with Crippen LogP contribution < -0.4 is 10.2 Å². The molecule has 3 aliphatic carbocycles. The van der Waals surface area contributed by atoms with Crippen LogP contribution in [0.15, 0.2) is 59.5 Å². The monoisotopic (exact) mass is 643 g/mol. The third-order valence-electron chi connectivity index (χ3n) is 10.6. The van der Waals surface area contributed by atoms with Gasteiger partial charge in [-0.25, -0.2) is 4.79 Å². The number of ether oxygens (including phenoxy) is 1. The Morgan fingerprint density at radius 3 is 2.54 bits per heavy atom.